The third-order valence-electron chi connectivity index (χ3n) is 3.93. The number of aliphatic hydroxyl groups excluding tert-OH is 1. The molecular weight excluding hydrogens is 260 g/mol. The lowest BCUT2D eigenvalue weighted by atomic mass is 9.78. The fourth-order valence-corrected chi connectivity index (χ4v) is 2.28. The first-order valence-corrected chi connectivity index (χ1v) is 7.94. The van der Waals surface area contributed by atoms with Gasteiger partial charge in [-0.1, -0.05) is 62.6 Å². The van der Waals surface area contributed by atoms with Crippen molar-refractivity contribution in [2.24, 2.45) is 5.41 Å². The molecule has 0 aliphatic carbocycles. The van der Waals surface area contributed by atoms with Crippen LogP contribution >= 0.6 is 0 Å². The highest BCUT2D eigenvalue weighted by molar-refractivity contribution is 5.94. The Balaban J connectivity index is 2.56. The highest BCUT2D eigenvalue weighted by Gasteiger charge is 2.34. The molecule has 1 unspecified atom stereocenters. The van der Waals surface area contributed by atoms with Crippen molar-refractivity contribution in [3.05, 3.63) is 48.0 Å². The zero-order valence-electron chi connectivity index (χ0n) is 13.5. The van der Waals surface area contributed by atoms with Gasteiger partial charge in [0.25, 0.3) is 0 Å². The second kappa shape index (κ2) is 8.78. The Morgan fingerprint density at radius 1 is 1.19 bits per heavy atom. The van der Waals surface area contributed by atoms with Crippen LogP contribution in [-0.4, -0.2) is 10.9 Å². The minimum Gasteiger partial charge on any atom is -0.387 e. The van der Waals surface area contributed by atoms with Gasteiger partial charge < -0.3 is 5.11 Å². The predicted octanol–water partition coefficient (Wildman–Crippen LogP) is 4.84. The van der Waals surface area contributed by atoms with Gasteiger partial charge in [-0.2, -0.15) is 0 Å². The number of ketones is 1. The van der Waals surface area contributed by atoms with Crippen LogP contribution in [0.1, 0.15) is 64.5 Å². The van der Waals surface area contributed by atoms with E-state index in [4.69, 9.17) is 0 Å². The molecule has 0 aliphatic rings. The number of benzene rings is 1. The molecule has 0 amide bonds. The lowest BCUT2D eigenvalue weighted by Crippen LogP contribution is -2.30. The summed E-state index contributed by atoms with van der Waals surface area (Å²) < 4.78 is 0. The maximum Gasteiger partial charge on any atom is 0.163 e. The maximum atomic E-state index is 12.3. The Morgan fingerprint density at radius 2 is 1.86 bits per heavy atom. The number of hydrogen-bond donors (Lipinski definition) is 1. The van der Waals surface area contributed by atoms with Crippen LogP contribution < -0.4 is 0 Å². The summed E-state index contributed by atoms with van der Waals surface area (Å²) in [6.45, 7) is 5.79. The van der Waals surface area contributed by atoms with Crippen LogP contribution in [0.25, 0.3) is 0 Å². The zero-order valence-corrected chi connectivity index (χ0v) is 13.5. The molecule has 0 radical (unpaired) electrons. The van der Waals surface area contributed by atoms with E-state index >= 15 is 0 Å². The average molecular weight is 288 g/mol. The average Bonchev–Trinajstić information content (AvgIpc) is 2.50. The van der Waals surface area contributed by atoms with Gasteiger partial charge in [0.1, 0.15) is 0 Å². The van der Waals surface area contributed by atoms with Gasteiger partial charge in [0.05, 0.1) is 11.5 Å². The Hall–Kier alpha value is -1.41. The van der Waals surface area contributed by atoms with Crippen LogP contribution in [0, 0.1) is 5.41 Å². The summed E-state index contributed by atoms with van der Waals surface area (Å²) in [6, 6.07) is 9.37. The third kappa shape index (κ3) is 5.47. The summed E-state index contributed by atoms with van der Waals surface area (Å²) in [5, 5.41) is 10.4. The highest BCUT2D eigenvalue weighted by Crippen LogP contribution is 2.34. The number of carbonyl (C=O) groups is 1. The van der Waals surface area contributed by atoms with Gasteiger partial charge in [-0.15, -0.1) is 0 Å². The van der Waals surface area contributed by atoms with Gasteiger partial charge in [0.15, 0.2) is 5.78 Å². The Bertz CT molecular complexity index is 446. The first kappa shape index (κ1) is 17.6. The second-order valence-electron chi connectivity index (χ2n) is 6.15. The molecular formula is C19H28O2. The molecule has 1 atom stereocenters. The quantitative estimate of drug-likeness (QED) is 0.521. The lowest BCUT2D eigenvalue weighted by molar-refractivity contribution is -0.128. The van der Waals surface area contributed by atoms with E-state index in [1.807, 2.05) is 36.4 Å². The fraction of sp³-hybridized carbons (Fsp3) is 0.526. The molecule has 0 spiro atoms. The minimum atomic E-state index is -0.804. The Labute approximate surface area is 128 Å². The fourth-order valence-electron chi connectivity index (χ4n) is 2.28. The first-order chi connectivity index (χ1) is 10.00. The van der Waals surface area contributed by atoms with Crippen LogP contribution in [0.2, 0.25) is 0 Å². The topological polar surface area (TPSA) is 37.3 Å². The van der Waals surface area contributed by atoms with Crippen molar-refractivity contribution >= 4 is 5.78 Å². The summed E-state index contributed by atoms with van der Waals surface area (Å²) in [5.41, 5.74) is -0.0199. The molecule has 21 heavy (non-hydrogen) atoms. The molecule has 1 aromatic rings. The van der Waals surface area contributed by atoms with E-state index < -0.39 is 11.5 Å². The summed E-state index contributed by atoms with van der Waals surface area (Å²) in [7, 11) is 0. The largest absolute Gasteiger partial charge is 0.387 e. The molecule has 1 rings (SSSR count). The van der Waals surface area contributed by atoms with Crippen LogP contribution in [0.4, 0.5) is 0 Å². The molecule has 0 aliphatic heterocycles. The number of carbonyl (C=O) groups excluding carboxylic acids is 1. The lowest BCUT2D eigenvalue weighted by Gasteiger charge is -2.28. The van der Waals surface area contributed by atoms with Crippen LogP contribution in [0.5, 0.6) is 0 Å². The number of hydrogen-bond acceptors (Lipinski definition) is 2. The normalized spacial score (nSPS) is 13.5. The van der Waals surface area contributed by atoms with Crippen LogP contribution in [-0.2, 0) is 4.79 Å². The number of rotatable bonds is 9. The van der Waals surface area contributed by atoms with Gasteiger partial charge >= 0.3 is 0 Å². The standard InChI is InChI=1S/C19H28O2/c1-4-5-6-7-8-12-15-17(20)19(2,3)18(21)16-13-10-9-11-14-16/h9-15,18,21H,4-8H2,1-3H3/b15-12+. The third-order valence-corrected chi connectivity index (χ3v) is 3.93. The second-order valence-corrected chi connectivity index (χ2v) is 6.15. The van der Waals surface area contributed by atoms with Crippen molar-refractivity contribution in [3.63, 3.8) is 0 Å². The van der Waals surface area contributed by atoms with Gasteiger partial charge in [-0.05, 0) is 38.3 Å². The number of allylic oxidation sites excluding steroid dienone is 2. The predicted molar refractivity (Wildman–Crippen MR) is 88.1 cm³/mol. The molecule has 0 bridgehead atoms. The van der Waals surface area contributed by atoms with Crippen LogP contribution in [0.15, 0.2) is 42.5 Å². The molecule has 1 aromatic carbocycles. The van der Waals surface area contributed by atoms with Gasteiger partial charge in [0.2, 0.25) is 0 Å². The highest BCUT2D eigenvalue weighted by atomic mass is 16.3. The molecule has 0 aromatic heterocycles. The van der Waals surface area contributed by atoms with E-state index in [-0.39, 0.29) is 5.78 Å². The number of unbranched alkanes of at least 4 members (excludes halogenated alkanes) is 4. The Kier molecular flexibility index (Phi) is 7.38. The van der Waals surface area contributed by atoms with E-state index in [1.54, 1.807) is 19.9 Å². The zero-order chi connectivity index (χ0) is 15.7. The Morgan fingerprint density at radius 3 is 2.48 bits per heavy atom. The SMILES string of the molecule is CCCCCC/C=C/C(=O)C(C)(C)C(O)c1ccccc1. The van der Waals surface area contributed by atoms with Crippen molar-refractivity contribution in [2.45, 2.75) is 59.0 Å². The number of aliphatic hydroxyl groups is 1. The molecule has 116 valence electrons. The van der Waals surface area contributed by atoms with E-state index in [9.17, 15) is 9.90 Å². The van der Waals surface area contributed by atoms with E-state index in [2.05, 4.69) is 6.92 Å². The molecule has 1 N–H and O–H groups in total. The monoisotopic (exact) mass is 288 g/mol. The first-order valence-electron chi connectivity index (χ1n) is 7.94. The summed E-state index contributed by atoms with van der Waals surface area (Å²) >= 11 is 0. The van der Waals surface area contributed by atoms with Crippen molar-refractivity contribution in [3.8, 4) is 0 Å². The summed E-state index contributed by atoms with van der Waals surface area (Å²) in [5.74, 6) is -0.0191. The van der Waals surface area contributed by atoms with Crippen molar-refractivity contribution < 1.29 is 9.90 Å². The van der Waals surface area contributed by atoms with E-state index in [0.29, 0.717) is 0 Å². The minimum absolute atomic E-state index is 0.0191. The van der Waals surface area contributed by atoms with Crippen molar-refractivity contribution in [1.29, 1.82) is 0 Å². The smallest absolute Gasteiger partial charge is 0.163 e. The van der Waals surface area contributed by atoms with Crippen molar-refractivity contribution in [1.82, 2.24) is 0 Å². The van der Waals surface area contributed by atoms with Gasteiger partial charge in [-0.25, -0.2) is 0 Å². The van der Waals surface area contributed by atoms with E-state index in [1.165, 1.54) is 19.3 Å². The molecule has 0 heterocycles. The van der Waals surface area contributed by atoms with Crippen LogP contribution in [0.3, 0.4) is 0 Å². The summed E-state index contributed by atoms with van der Waals surface area (Å²) in [4.78, 5) is 12.3. The maximum absolute atomic E-state index is 12.3. The van der Waals surface area contributed by atoms with Crippen molar-refractivity contribution in [2.75, 3.05) is 0 Å². The molecule has 2 heteroatoms. The van der Waals surface area contributed by atoms with E-state index in [0.717, 1.165) is 18.4 Å². The molecule has 2 nitrogen and oxygen atoms in total. The van der Waals surface area contributed by atoms with Gasteiger partial charge in [0, 0.05) is 0 Å². The molecule has 0 saturated heterocycles. The molecule has 0 saturated carbocycles. The molecule has 0 fully saturated rings. The summed E-state index contributed by atoms with van der Waals surface area (Å²) in [6.07, 6.45) is 8.54. The van der Waals surface area contributed by atoms with Gasteiger partial charge in [-0.3, -0.25) is 4.79 Å².